The molecule has 364 valence electrons. The molecule has 0 amide bonds. The van der Waals surface area contributed by atoms with E-state index in [1.807, 2.05) is 12.2 Å². The van der Waals surface area contributed by atoms with Crippen LogP contribution in [0.1, 0.15) is 187 Å². The molecule has 1 saturated heterocycles. The lowest BCUT2D eigenvalue weighted by atomic mass is 10.00. The van der Waals surface area contributed by atoms with E-state index in [2.05, 4.69) is 62.5 Å². The average molecular weight is 911 g/mol. The third-order valence-electron chi connectivity index (χ3n) is 10.9. The van der Waals surface area contributed by atoms with Gasteiger partial charge in [0, 0.05) is 12.8 Å². The number of ether oxygens (including phenoxy) is 4. The van der Waals surface area contributed by atoms with E-state index in [1.54, 1.807) is 0 Å². The van der Waals surface area contributed by atoms with Gasteiger partial charge in [0.2, 0.25) is 0 Å². The van der Waals surface area contributed by atoms with E-state index >= 15 is 0 Å². The van der Waals surface area contributed by atoms with Gasteiger partial charge in [-0.05, 0) is 51.4 Å². The largest absolute Gasteiger partial charge is 0.462 e. The number of carbonyl (C=O) groups is 2. The molecule has 0 spiro atoms. The van der Waals surface area contributed by atoms with Gasteiger partial charge in [0.05, 0.1) is 6.61 Å². The molecule has 63 heavy (non-hydrogen) atoms. The first kappa shape index (κ1) is 58.4. The molecule has 1 aliphatic rings. The second-order valence-corrected chi connectivity index (χ2v) is 18.2. The van der Waals surface area contributed by atoms with Crippen LogP contribution in [0.3, 0.4) is 0 Å². The van der Waals surface area contributed by atoms with Gasteiger partial charge in [0.15, 0.2) is 12.4 Å². The van der Waals surface area contributed by atoms with Gasteiger partial charge < -0.3 is 34.3 Å². The van der Waals surface area contributed by atoms with Gasteiger partial charge in [-0.2, -0.15) is 8.42 Å². The van der Waals surface area contributed by atoms with Crippen LogP contribution >= 0.6 is 0 Å². The molecule has 0 aliphatic carbocycles. The van der Waals surface area contributed by atoms with Crippen LogP contribution in [0.5, 0.6) is 0 Å². The molecule has 1 heterocycles. The van der Waals surface area contributed by atoms with E-state index in [4.69, 9.17) is 18.9 Å². The minimum Gasteiger partial charge on any atom is -0.462 e. The summed E-state index contributed by atoms with van der Waals surface area (Å²) >= 11 is 0. The van der Waals surface area contributed by atoms with Gasteiger partial charge in [-0.25, -0.2) is 0 Å². The monoisotopic (exact) mass is 911 g/mol. The summed E-state index contributed by atoms with van der Waals surface area (Å²) in [6.07, 6.45) is 39.8. The highest BCUT2D eigenvalue weighted by atomic mass is 32.2. The van der Waals surface area contributed by atoms with Crippen molar-refractivity contribution >= 4 is 22.1 Å². The molecule has 2 unspecified atom stereocenters. The third kappa shape index (κ3) is 34.4. The van der Waals surface area contributed by atoms with Crippen LogP contribution in [-0.2, 0) is 38.7 Å². The van der Waals surface area contributed by atoms with Crippen LogP contribution in [0.4, 0.5) is 0 Å². The van der Waals surface area contributed by atoms with Gasteiger partial charge >= 0.3 is 11.9 Å². The summed E-state index contributed by atoms with van der Waals surface area (Å²) in [7, 11) is -4.61. The molecule has 1 aliphatic heterocycles. The lowest BCUT2D eigenvalue weighted by Crippen LogP contribution is -2.60. The van der Waals surface area contributed by atoms with Crippen LogP contribution in [-0.4, -0.2) is 96.0 Å². The number of hydrogen-bond donors (Lipinski definition) is 4. The van der Waals surface area contributed by atoms with Gasteiger partial charge in [-0.3, -0.25) is 14.1 Å². The van der Waals surface area contributed by atoms with E-state index in [1.165, 1.54) is 89.9 Å². The highest BCUT2D eigenvalue weighted by Crippen LogP contribution is 2.24. The summed E-state index contributed by atoms with van der Waals surface area (Å²) in [6, 6.07) is 0. The van der Waals surface area contributed by atoms with Crippen molar-refractivity contribution in [1.29, 1.82) is 0 Å². The molecule has 12 nitrogen and oxygen atoms in total. The lowest BCUT2D eigenvalue weighted by Gasteiger charge is -2.40. The highest BCUT2D eigenvalue weighted by Gasteiger charge is 2.46. The standard InChI is InChI=1S/C50H86O12S/c1-3-5-7-9-11-13-15-17-19-21-23-25-27-29-31-33-35-37-39-46(52)61-43(41-60-50-49(55)48(54)47(53)44(62-50)42-63(56,57)58)40-59-45(51)38-36-34-32-30-28-26-24-22-20-18-16-14-12-10-8-6-4-2/h6,8,12,14,18,20,24,26,30,32,43-44,47-50,53-55H,3-5,7,9-11,13,15-17,19,21-23,25,27-29,31,33-42H2,1-2H3,(H,56,57,58)/b8-6+,14-12+,20-18+,26-24+,32-30+/t43-,44-,47-,48?,49?,50+/m1/s1. The Bertz CT molecular complexity index is 1390. The van der Waals surface area contributed by atoms with Crippen LogP contribution in [0, 0.1) is 0 Å². The lowest BCUT2D eigenvalue weighted by molar-refractivity contribution is -0.297. The summed E-state index contributed by atoms with van der Waals surface area (Å²) in [5.41, 5.74) is 0. The number of esters is 2. The summed E-state index contributed by atoms with van der Waals surface area (Å²) in [6.45, 7) is 3.61. The molecule has 1 rings (SSSR count). The van der Waals surface area contributed by atoms with Crippen molar-refractivity contribution < 1.29 is 56.8 Å². The third-order valence-corrected chi connectivity index (χ3v) is 11.6. The summed E-state index contributed by atoms with van der Waals surface area (Å²) in [5, 5.41) is 30.9. The van der Waals surface area contributed by atoms with Gasteiger partial charge in [0.1, 0.15) is 36.8 Å². The Kier molecular flexibility index (Phi) is 36.8. The molecule has 13 heteroatoms. The van der Waals surface area contributed by atoms with Crippen molar-refractivity contribution in [1.82, 2.24) is 0 Å². The Morgan fingerprint density at radius 2 is 1.00 bits per heavy atom. The molecule has 0 radical (unpaired) electrons. The zero-order valence-electron chi connectivity index (χ0n) is 38.9. The summed E-state index contributed by atoms with van der Waals surface area (Å²) in [5.74, 6) is -2.06. The molecule has 0 bridgehead atoms. The van der Waals surface area contributed by atoms with Gasteiger partial charge in [0.25, 0.3) is 10.1 Å². The van der Waals surface area contributed by atoms with Crippen LogP contribution in [0.25, 0.3) is 0 Å². The fourth-order valence-electron chi connectivity index (χ4n) is 7.12. The number of aliphatic hydroxyl groups excluding tert-OH is 3. The SMILES string of the molecule is CC/C=C/C/C=C/C/C=C/C/C=C/C/C=C/CCCC(=O)OC[C@H](CO[C@H]1O[C@H](CS(=O)(=O)O)[C@@H](O)C(O)C1O)OC(=O)CCCCCCCCCCCCCCCCCCCC. The molecular weight excluding hydrogens is 825 g/mol. The highest BCUT2D eigenvalue weighted by molar-refractivity contribution is 7.85. The quantitative estimate of drug-likeness (QED) is 0.0198. The van der Waals surface area contributed by atoms with Gasteiger partial charge in [-0.1, -0.05) is 184 Å². The van der Waals surface area contributed by atoms with Crippen molar-refractivity contribution in [2.45, 2.75) is 224 Å². The van der Waals surface area contributed by atoms with Crippen molar-refractivity contribution in [3.05, 3.63) is 60.8 Å². The van der Waals surface area contributed by atoms with Crippen LogP contribution in [0.2, 0.25) is 0 Å². The van der Waals surface area contributed by atoms with Crippen molar-refractivity contribution in [2.24, 2.45) is 0 Å². The number of hydrogen-bond acceptors (Lipinski definition) is 11. The minimum absolute atomic E-state index is 0.140. The van der Waals surface area contributed by atoms with Crippen molar-refractivity contribution in [2.75, 3.05) is 19.0 Å². The Balaban J connectivity index is 2.44. The van der Waals surface area contributed by atoms with Crippen molar-refractivity contribution in [3.8, 4) is 0 Å². The predicted molar refractivity (Wildman–Crippen MR) is 252 cm³/mol. The molecule has 4 N–H and O–H groups in total. The maximum Gasteiger partial charge on any atom is 0.306 e. The van der Waals surface area contributed by atoms with Crippen LogP contribution in [0.15, 0.2) is 60.8 Å². The van der Waals surface area contributed by atoms with Crippen molar-refractivity contribution in [3.63, 3.8) is 0 Å². The van der Waals surface area contributed by atoms with Crippen LogP contribution < -0.4 is 0 Å². The van der Waals surface area contributed by atoms with E-state index in [0.717, 1.165) is 51.4 Å². The number of rotatable bonds is 40. The first-order valence-corrected chi connectivity index (χ1v) is 26.0. The van der Waals surface area contributed by atoms with E-state index < -0.39 is 71.2 Å². The smallest absolute Gasteiger partial charge is 0.306 e. The minimum atomic E-state index is -4.61. The molecule has 0 saturated carbocycles. The topological polar surface area (TPSA) is 186 Å². The Morgan fingerprint density at radius 3 is 1.48 bits per heavy atom. The van der Waals surface area contributed by atoms with E-state index in [-0.39, 0.29) is 19.4 Å². The Morgan fingerprint density at radius 1 is 0.556 bits per heavy atom. The summed E-state index contributed by atoms with van der Waals surface area (Å²) in [4.78, 5) is 25.5. The number of aliphatic hydroxyl groups is 3. The fourth-order valence-corrected chi connectivity index (χ4v) is 7.82. The second-order valence-electron chi connectivity index (χ2n) is 16.8. The number of allylic oxidation sites excluding steroid dienone is 10. The zero-order valence-corrected chi connectivity index (χ0v) is 39.7. The molecular formula is C50H86O12S. The maximum absolute atomic E-state index is 12.8. The number of carbonyl (C=O) groups excluding carboxylic acids is 2. The van der Waals surface area contributed by atoms with E-state index in [9.17, 15) is 37.9 Å². The number of unbranched alkanes of at least 4 members (excludes halogenated alkanes) is 18. The second kappa shape index (κ2) is 39.7. The first-order chi connectivity index (χ1) is 30.5. The Labute approximate surface area is 381 Å². The van der Waals surface area contributed by atoms with Gasteiger partial charge in [-0.15, -0.1) is 0 Å². The first-order valence-electron chi connectivity index (χ1n) is 24.3. The normalized spacial score (nSPS) is 20.3. The Hall–Kier alpha value is -2.65. The molecule has 0 aromatic rings. The molecule has 0 aromatic carbocycles. The molecule has 1 fully saturated rings. The predicted octanol–water partition coefficient (Wildman–Crippen LogP) is 10.5. The summed E-state index contributed by atoms with van der Waals surface area (Å²) < 4.78 is 54.1. The van der Waals surface area contributed by atoms with E-state index in [0.29, 0.717) is 19.3 Å². The fraction of sp³-hybridized carbons (Fsp3) is 0.760. The molecule has 6 atom stereocenters. The molecule has 0 aromatic heterocycles. The average Bonchev–Trinajstić information content (AvgIpc) is 3.25. The zero-order chi connectivity index (χ0) is 46.2. The maximum atomic E-state index is 12.8.